The fourth-order valence-corrected chi connectivity index (χ4v) is 10.4. The Morgan fingerprint density at radius 3 is 1.27 bits per heavy atom. The molecule has 2 aromatic carbocycles. The van der Waals surface area contributed by atoms with E-state index in [2.05, 4.69) is 6.92 Å². The second-order valence-corrected chi connectivity index (χ2v) is 24.7. The number of phenolic OH excluding ortho intramolecular Hbond substituents is 2. The third kappa shape index (κ3) is 17.9. The maximum Gasteiger partial charge on any atom is 0.369 e. The first-order valence-electron chi connectivity index (χ1n) is 26.0. The van der Waals surface area contributed by atoms with Gasteiger partial charge < -0.3 is 24.8 Å². The molecule has 1 aliphatic heterocycles. The Balaban J connectivity index is 1.72. The number of aromatic hydroxyl groups is 2. The molecule has 380 valence electrons. The number of benzene rings is 2. The molecule has 1 fully saturated rings. The van der Waals surface area contributed by atoms with Crippen LogP contribution in [0.2, 0.25) is 0 Å². The zero-order chi connectivity index (χ0) is 50.2. The highest BCUT2D eigenvalue weighted by Crippen LogP contribution is 2.43. The average molecular weight is 952 g/mol. The summed E-state index contributed by atoms with van der Waals surface area (Å²) in [6.45, 7) is 27.0. The third-order valence-corrected chi connectivity index (χ3v) is 14.5. The number of rotatable bonds is 27. The Morgan fingerprint density at radius 1 is 0.582 bits per heavy atom. The van der Waals surface area contributed by atoms with Crippen LogP contribution >= 0.6 is 11.9 Å². The van der Waals surface area contributed by atoms with Gasteiger partial charge >= 0.3 is 23.6 Å². The van der Waals surface area contributed by atoms with Crippen LogP contribution < -0.4 is 0 Å². The molecule has 2 aromatic rings. The normalized spacial score (nSPS) is 17.2. The van der Waals surface area contributed by atoms with Gasteiger partial charge in [-0.1, -0.05) is 223 Å². The van der Waals surface area contributed by atoms with Crippen LogP contribution in [0, 0.1) is 0 Å². The van der Waals surface area contributed by atoms with Crippen LogP contribution in [0.1, 0.15) is 245 Å². The number of carboxylic acids is 1. The van der Waals surface area contributed by atoms with Gasteiger partial charge in [0.2, 0.25) is 0 Å². The van der Waals surface area contributed by atoms with Crippen molar-refractivity contribution in [1.82, 2.24) is 4.31 Å². The maximum atomic E-state index is 14.0. The monoisotopic (exact) mass is 952 g/mol. The second kappa shape index (κ2) is 26.1. The number of unbranched alkanes of at least 4 members (excludes halogenated alkanes) is 15. The van der Waals surface area contributed by atoms with Crippen molar-refractivity contribution in [1.29, 1.82) is 0 Å². The molecule has 0 spiro atoms. The largest absolute Gasteiger partial charge is 0.507 e. The molecule has 0 aliphatic carbocycles. The standard InChI is InChI=1S/C57H93NO8S/c1-14-15-16-17-18-19-20-21-22-23-24-25-26-27-28-29-36-67-58-35-34-47(65-48(59)32-30-41-37-43(53(2,3)4)50(61)44(38-41)54(5,6)7)57(58,52(63)64)66-49(60)33-31-42-39-45(55(8,9)10)51(62)46(40-42)56(11,12)13/h37-40,47,61-62H,14-36H2,1-13H3,(H,63,64)/t47?,57-/m1/s1. The van der Waals surface area contributed by atoms with Crippen molar-refractivity contribution in [2.75, 3.05) is 12.3 Å². The fourth-order valence-electron chi connectivity index (χ4n) is 9.18. The molecule has 1 aliphatic rings. The van der Waals surface area contributed by atoms with Crippen molar-refractivity contribution < 1.29 is 39.2 Å². The number of carboxylic acid groups (broad SMARTS) is 1. The van der Waals surface area contributed by atoms with Gasteiger partial charge in [0.1, 0.15) is 11.5 Å². The SMILES string of the molecule is CCCCCCCCCCCCCCCCCCSN1CCC(OC(=O)CCc2cc(C(C)(C)C)c(O)c(C(C)(C)C)c2)[C@@]1(OC(=O)CCc1cc(C(C)(C)C)c(O)c(C(C)(C)C)c1)C(=O)O. The summed E-state index contributed by atoms with van der Waals surface area (Å²) in [6.07, 6.45) is 19.7. The van der Waals surface area contributed by atoms with E-state index in [-0.39, 0.29) is 65.4 Å². The quantitative estimate of drug-likeness (QED) is 0.0451. The van der Waals surface area contributed by atoms with Gasteiger partial charge in [-0.3, -0.25) is 9.59 Å². The highest BCUT2D eigenvalue weighted by atomic mass is 32.2. The lowest BCUT2D eigenvalue weighted by atomic mass is 9.78. The van der Waals surface area contributed by atoms with Crippen molar-refractivity contribution in [2.45, 2.75) is 258 Å². The van der Waals surface area contributed by atoms with E-state index in [1.54, 1.807) is 4.31 Å². The van der Waals surface area contributed by atoms with Crippen LogP contribution in [0.5, 0.6) is 11.5 Å². The van der Waals surface area contributed by atoms with Gasteiger partial charge in [-0.15, -0.1) is 0 Å². The molecule has 1 unspecified atom stereocenters. The fraction of sp³-hybridized carbons (Fsp3) is 0.737. The summed E-state index contributed by atoms with van der Waals surface area (Å²) < 4.78 is 13.8. The lowest BCUT2D eigenvalue weighted by Crippen LogP contribution is -2.58. The van der Waals surface area contributed by atoms with E-state index in [4.69, 9.17) is 9.47 Å². The van der Waals surface area contributed by atoms with E-state index in [1.807, 2.05) is 107 Å². The van der Waals surface area contributed by atoms with E-state index < -0.39 is 29.7 Å². The Hall–Kier alpha value is -3.24. The van der Waals surface area contributed by atoms with Gasteiger partial charge in [0.25, 0.3) is 0 Å². The summed E-state index contributed by atoms with van der Waals surface area (Å²) in [5.74, 6) is -1.48. The van der Waals surface area contributed by atoms with Gasteiger partial charge in [-0.2, -0.15) is 4.31 Å². The van der Waals surface area contributed by atoms with Crippen LogP contribution in [-0.4, -0.2) is 61.7 Å². The molecule has 2 atom stereocenters. The molecule has 9 nitrogen and oxygen atoms in total. The molecule has 1 saturated heterocycles. The van der Waals surface area contributed by atoms with Crippen LogP contribution in [0.25, 0.3) is 0 Å². The lowest BCUT2D eigenvalue weighted by molar-refractivity contribution is -0.209. The summed E-state index contributed by atoms with van der Waals surface area (Å²) in [6, 6.07) is 7.73. The van der Waals surface area contributed by atoms with Crippen LogP contribution in [0.15, 0.2) is 24.3 Å². The lowest BCUT2D eigenvalue weighted by Gasteiger charge is -2.36. The minimum Gasteiger partial charge on any atom is -0.507 e. The molecule has 67 heavy (non-hydrogen) atoms. The number of phenols is 2. The molecule has 10 heteroatoms. The van der Waals surface area contributed by atoms with Crippen molar-refractivity contribution in [3.05, 3.63) is 57.6 Å². The first-order chi connectivity index (χ1) is 31.2. The van der Waals surface area contributed by atoms with Crippen LogP contribution in [-0.2, 0) is 58.4 Å². The average Bonchev–Trinajstić information content (AvgIpc) is 3.55. The number of hydrogen-bond acceptors (Lipinski definition) is 9. The second-order valence-electron chi connectivity index (χ2n) is 23.6. The number of carbonyl (C=O) groups excluding carboxylic acids is 2. The number of esters is 2. The number of nitrogens with zero attached hydrogens (tertiary/aromatic N) is 1. The van der Waals surface area contributed by atoms with Crippen molar-refractivity contribution in [3.63, 3.8) is 0 Å². The minimum atomic E-state index is -2.20. The first kappa shape index (κ1) is 58.1. The van der Waals surface area contributed by atoms with Gasteiger partial charge in [0, 0.05) is 31.6 Å². The Labute approximate surface area is 411 Å². The molecule has 0 saturated carbocycles. The highest BCUT2D eigenvalue weighted by molar-refractivity contribution is 7.97. The van der Waals surface area contributed by atoms with E-state index >= 15 is 0 Å². The predicted octanol–water partition coefficient (Wildman–Crippen LogP) is 14.7. The molecule has 0 aromatic heterocycles. The zero-order valence-electron chi connectivity index (χ0n) is 44.4. The molecule has 0 bridgehead atoms. The molecule has 0 radical (unpaired) electrons. The van der Waals surface area contributed by atoms with Gasteiger partial charge in [-0.05, 0) is 74.3 Å². The van der Waals surface area contributed by atoms with E-state index in [1.165, 1.54) is 95.4 Å². The van der Waals surface area contributed by atoms with E-state index in [0.29, 0.717) is 12.2 Å². The summed E-state index contributed by atoms with van der Waals surface area (Å²) in [4.78, 5) is 41.3. The topological polar surface area (TPSA) is 134 Å². The molecular formula is C57H93NO8S. The molecule has 0 amide bonds. The zero-order valence-corrected chi connectivity index (χ0v) is 45.2. The third-order valence-electron chi connectivity index (χ3n) is 13.3. The predicted molar refractivity (Wildman–Crippen MR) is 277 cm³/mol. The summed E-state index contributed by atoms with van der Waals surface area (Å²) in [5, 5.41) is 33.6. The summed E-state index contributed by atoms with van der Waals surface area (Å²) in [5.41, 5.74) is 1.28. The van der Waals surface area contributed by atoms with Crippen LogP contribution in [0.3, 0.4) is 0 Å². The summed E-state index contributed by atoms with van der Waals surface area (Å²) >= 11 is 1.36. The minimum absolute atomic E-state index is 0.0164. The van der Waals surface area contributed by atoms with Crippen molar-refractivity contribution in [2.24, 2.45) is 0 Å². The number of ether oxygens (including phenoxy) is 2. The Kier molecular flexibility index (Phi) is 22.6. The molecule has 3 N–H and O–H groups in total. The van der Waals surface area contributed by atoms with Crippen LogP contribution in [0.4, 0.5) is 0 Å². The number of carbonyl (C=O) groups is 3. The smallest absolute Gasteiger partial charge is 0.369 e. The van der Waals surface area contributed by atoms with E-state index in [0.717, 1.165) is 52.6 Å². The highest BCUT2D eigenvalue weighted by Gasteiger charge is 2.61. The number of hydrogen-bond donors (Lipinski definition) is 3. The number of aliphatic carboxylic acids is 1. The first-order valence-corrected chi connectivity index (χ1v) is 27.0. The van der Waals surface area contributed by atoms with E-state index in [9.17, 15) is 29.7 Å². The van der Waals surface area contributed by atoms with Gasteiger partial charge in [-0.25, -0.2) is 4.79 Å². The molecule has 1 heterocycles. The molecule has 3 rings (SSSR count). The van der Waals surface area contributed by atoms with Gasteiger partial charge in [0.05, 0.1) is 0 Å². The number of aryl methyl sites for hydroxylation is 2. The Bertz CT molecular complexity index is 1810. The molecular weight excluding hydrogens is 859 g/mol. The van der Waals surface area contributed by atoms with Gasteiger partial charge in [0.15, 0.2) is 6.10 Å². The summed E-state index contributed by atoms with van der Waals surface area (Å²) in [7, 11) is 0. The van der Waals surface area contributed by atoms with Crippen molar-refractivity contribution >= 4 is 29.9 Å². The maximum absolute atomic E-state index is 14.0. The Morgan fingerprint density at radius 2 is 0.925 bits per heavy atom. The van der Waals surface area contributed by atoms with Crippen molar-refractivity contribution in [3.8, 4) is 11.5 Å².